The summed E-state index contributed by atoms with van der Waals surface area (Å²) in [6, 6.07) is 7.68. The molecule has 3 rings (SSSR count). The second kappa shape index (κ2) is 9.87. The van der Waals surface area contributed by atoms with Crippen LogP contribution in [0.25, 0.3) is 11.4 Å². The van der Waals surface area contributed by atoms with Crippen molar-refractivity contribution in [3.63, 3.8) is 0 Å². The van der Waals surface area contributed by atoms with Gasteiger partial charge in [-0.3, -0.25) is 0 Å². The second-order valence-electron chi connectivity index (χ2n) is 7.46. The minimum atomic E-state index is 0.737. The van der Waals surface area contributed by atoms with E-state index < -0.39 is 0 Å². The highest BCUT2D eigenvalue weighted by atomic mass is 35.5. The van der Waals surface area contributed by atoms with Crippen molar-refractivity contribution in [1.82, 2.24) is 9.97 Å². The SMILES string of the molecule is CCCC=CC1CCC(CCc2cnc(-c3ccc(Cl)cc3)nc2)CC1. The number of hydrogen-bond acceptors (Lipinski definition) is 2. The molecule has 1 fully saturated rings. The van der Waals surface area contributed by atoms with E-state index in [4.69, 9.17) is 11.6 Å². The first-order valence-corrected chi connectivity index (χ1v) is 10.4. The molecule has 0 unspecified atom stereocenters. The van der Waals surface area contributed by atoms with Crippen molar-refractivity contribution in [2.24, 2.45) is 11.8 Å². The first-order chi connectivity index (χ1) is 12.7. The van der Waals surface area contributed by atoms with Gasteiger partial charge < -0.3 is 0 Å². The largest absolute Gasteiger partial charge is 0.236 e. The van der Waals surface area contributed by atoms with E-state index in [1.165, 1.54) is 50.5 Å². The summed E-state index contributed by atoms with van der Waals surface area (Å²) < 4.78 is 0. The zero-order valence-corrected chi connectivity index (χ0v) is 16.5. The Labute approximate surface area is 162 Å². The van der Waals surface area contributed by atoms with Gasteiger partial charge in [0.2, 0.25) is 0 Å². The monoisotopic (exact) mass is 368 g/mol. The van der Waals surface area contributed by atoms with Crippen LogP contribution in [0.15, 0.2) is 48.8 Å². The lowest BCUT2D eigenvalue weighted by Crippen LogP contribution is -2.13. The smallest absolute Gasteiger partial charge is 0.159 e. The predicted octanol–water partition coefficient (Wildman–Crippen LogP) is 6.89. The average molecular weight is 369 g/mol. The van der Waals surface area contributed by atoms with Crippen molar-refractivity contribution < 1.29 is 0 Å². The van der Waals surface area contributed by atoms with Crippen LogP contribution in [0.5, 0.6) is 0 Å². The molecule has 3 heteroatoms. The first kappa shape index (κ1) is 19.1. The van der Waals surface area contributed by atoms with Gasteiger partial charge in [0.25, 0.3) is 0 Å². The summed E-state index contributed by atoms with van der Waals surface area (Å²) in [5.41, 5.74) is 2.25. The van der Waals surface area contributed by atoms with Gasteiger partial charge in [0.15, 0.2) is 5.82 Å². The van der Waals surface area contributed by atoms with Crippen LogP contribution in [0.3, 0.4) is 0 Å². The van der Waals surface area contributed by atoms with Crippen LogP contribution < -0.4 is 0 Å². The fourth-order valence-corrected chi connectivity index (χ4v) is 3.85. The first-order valence-electron chi connectivity index (χ1n) is 9.98. The van der Waals surface area contributed by atoms with E-state index in [1.54, 1.807) is 0 Å². The number of benzene rings is 1. The molecule has 138 valence electrons. The molecule has 0 atom stereocenters. The maximum Gasteiger partial charge on any atom is 0.159 e. The number of allylic oxidation sites excluding steroid dienone is 2. The average Bonchev–Trinajstić information content (AvgIpc) is 2.69. The molecule has 0 amide bonds. The van der Waals surface area contributed by atoms with Crippen molar-refractivity contribution in [3.8, 4) is 11.4 Å². The summed E-state index contributed by atoms with van der Waals surface area (Å²) in [5, 5.41) is 0.737. The molecule has 0 radical (unpaired) electrons. The molecule has 1 aromatic carbocycles. The molecule has 0 bridgehead atoms. The van der Waals surface area contributed by atoms with Gasteiger partial charge in [-0.15, -0.1) is 0 Å². The molecule has 0 spiro atoms. The molecule has 26 heavy (non-hydrogen) atoms. The van der Waals surface area contributed by atoms with Crippen LogP contribution in [0.2, 0.25) is 5.02 Å². The minimum Gasteiger partial charge on any atom is -0.236 e. The van der Waals surface area contributed by atoms with Gasteiger partial charge in [0.1, 0.15) is 0 Å². The highest BCUT2D eigenvalue weighted by molar-refractivity contribution is 6.30. The highest BCUT2D eigenvalue weighted by Crippen LogP contribution is 2.32. The number of unbranched alkanes of at least 4 members (excludes halogenated alkanes) is 1. The van der Waals surface area contributed by atoms with Crippen LogP contribution in [-0.2, 0) is 6.42 Å². The van der Waals surface area contributed by atoms with Crippen LogP contribution in [0.4, 0.5) is 0 Å². The Morgan fingerprint density at radius 3 is 2.38 bits per heavy atom. The molecule has 0 N–H and O–H groups in total. The van der Waals surface area contributed by atoms with Crippen molar-refractivity contribution in [2.75, 3.05) is 0 Å². The second-order valence-corrected chi connectivity index (χ2v) is 7.89. The van der Waals surface area contributed by atoms with Gasteiger partial charge in [0, 0.05) is 23.0 Å². The topological polar surface area (TPSA) is 25.8 Å². The number of halogens is 1. The number of rotatable bonds is 7. The maximum absolute atomic E-state index is 5.94. The Morgan fingerprint density at radius 1 is 1.04 bits per heavy atom. The third kappa shape index (κ3) is 5.67. The van der Waals surface area contributed by atoms with Crippen molar-refractivity contribution in [1.29, 1.82) is 0 Å². The van der Waals surface area contributed by atoms with Crippen LogP contribution >= 0.6 is 11.6 Å². The van der Waals surface area contributed by atoms with E-state index in [0.29, 0.717) is 0 Å². The minimum absolute atomic E-state index is 0.737. The molecule has 0 saturated heterocycles. The molecule has 1 aliphatic rings. The normalized spacial score (nSPS) is 20.5. The quantitative estimate of drug-likeness (QED) is 0.497. The van der Waals surface area contributed by atoms with Crippen molar-refractivity contribution in [2.45, 2.75) is 58.3 Å². The molecule has 1 aliphatic carbocycles. The third-order valence-corrected chi connectivity index (χ3v) is 5.66. The molecule has 1 saturated carbocycles. The fraction of sp³-hybridized carbons (Fsp3) is 0.478. The van der Waals surface area contributed by atoms with E-state index in [9.17, 15) is 0 Å². The molecule has 1 heterocycles. The molecular weight excluding hydrogens is 340 g/mol. The Morgan fingerprint density at radius 2 is 1.73 bits per heavy atom. The van der Waals surface area contributed by atoms with Gasteiger partial charge in [-0.25, -0.2) is 9.97 Å². The van der Waals surface area contributed by atoms with E-state index >= 15 is 0 Å². The highest BCUT2D eigenvalue weighted by Gasteiger charge is 2.19. The lowest BCUT2D eigenvalue weighted by molar-refractivity contribution is 0.296. The molecular formula is C23H29ClN2. The predicted molar refractivity (Wildman–Crippen MR) is 110 cm³/mol. The maximum atomic E-state index is 5.94. The summed E-state index contributed by atoms with van der Waals surface area (Å²) in [5.74, 6) is 2.45. The Balaban J connectivity index is 1.45. The lowest BCUT2D eigenvalue weighted by Gasteiger charge is -2.26. The Hall–Kier alpha value is -1.67. The van der Waals surface area contributed by atoms with Crippen molar-refractivity contribution in [3.05, 3.63) is 59.4 Å². The Kier molecular flexibility index (Phi) is 7.25. The summed E-state index contributed by atoms with van der Waals surface area (Å²) in [7, 11) is 0. The van der Waals surface area contributed by atoms with Gasteiger partial charge >= 0.3 is 0 Å². The van der Waals surface area contributed by atoms with E-state index in [2.05, 4.69) is 29.0 Å². The summed E-state index contributed by atoms with van der Waals surface area (Å²) in [6.45, 7) is 2.24. The van der Waals surface area contributed by atoms with E-state index in [0.717, 1.165) is 34.7 Å². The van der Waals surface area contributed by atoms with Crippen LogP contribution in [-0.4, -0.2) is 9.97 Å². The van der Waals surface area contributed by atoms with Gasteiger partial charge in [-0.05, 0) is 86.6 Å². The Bertz CT molecular complexity index is 683. The summed E-state index contributed by atoms with van der Waals surface area (Å²) >= 11 is 5.94. The van der Waals surface area contributed by atoms with Gasteiger partial charge in [-0.2, -0.15) is 0 Å². The fourth-order valence-electron chi connectivity index (χ4n) is 3.73. The van der Waals surface area contributed by atoms with Crippen LogP contribution in [0, 0.1) is 11.8 Å². The zero-order valence-electron chi connectivity index (χ0n) is 15.7. The number of aromatic nitrogens is 2. The molecule has 2 nitrogen and oxygen atoms in total. The number of hydrogen-bond donors (Lipinski definition) is 0. The molecule has 1 aromatic heterocycles. The lowest BCUT2D eigenvalue weighted by atomic mass is 9.79. The number of aryl methyl sites for hydroxylation is 1. The number of nitrogens with zero attached hydrogens (tertiary/aromatic N) is 2. The summed E-state index contributed by atoms with van der Waals surface area (Å²) in [4.78, 5) is 9.07. The van der Waals surface area contributed by atoms with E-state index in [-0.39, 0.29) is 0 Å². The third-order valence-electron chi connectivity index (χ3n) is 5.40. The van der Waals surface area contributed by atoms with Gasteiger partial charge in [-0.1, -0.05) is 37.1 Å². The van der Waals surface area contributed by atoms with Gasteiger partial charge in [0.05, 0.1) is 0 Å². The van der Waals surface area contributed by atoms with Crippen LogP contribution in [0.1, 0.15) is 57.4 Å². The summed E-state index contributed by atoms with van der Waals surface area (Å²) in [6.07, 6.45) is 19.1. The zero-order chi connectivity index (χ0) is 18.2. The molecule has 2 aromatic rings. The standard InChI is InChI=1S/C23H29ClN2/c1-2-3-4-5-18-6-8-19(9-7-18)10-11-20-16-25-23(26-17-20)21-12-14-22(24)15-13-21/h4-5,12-19H,2-3,6-11H2,1H3. The van der Waals surface area contributed by atoms with Crippen molar-refractivity contribution >= 4 is 11.6 Å². The van der Waals surface area contributed by atoms with E-state index in [1.807, 2.05) is 36.7 Å². The molecule has 0 aliphatic heterocycles.